The van der Waals surface area contributed by atoms with Gasteiger partial charge in [-0.3, -0.25) is 4.79 Å². The van der Waals surface area contributed by atoms with Crippen LogP contribution >= 0.6 is 11.8 Å². The van der Waals surface area contributed by atoms with Crippen LogP contribution in [0.2, 0.25) is 0 Å². The molecule has 6 nitrogen and oxygen atoms in total. The molecular formula is C21H16F6N2O4S2. The molecule has 0 aromatic heterocycles. The van der Waals surface area contributed by atoms with Crippen molar-refractivity contribution in [2.45, 2.75) is 23.6 Å². The molecular weight excluding hydrogens is 522 g/mol. The molecule has 2 aromatic carbocycles. The molecule has 2 aliphatic heterocycles. The highest BCUT2D eigenvalue weighted by Crippen LogP contribution is 2.44. The summed E-state index contributed by atoms with van der Waals surface area (Å²) in [5.74, 6) is -1.34. The number of hydrogen-bond acceptors (Lipinski definition) is 5. The molecule has 35 heavy (non-hydrogen) atoms. The fourth-order valence-corrected chi connectivity index (χ4v) is 7.68. The summed E-state index contributed by atoms with van der Waals surface area (Å²) in [4.78, 5) is 17.2. The number of carbonyl (C=O) groups is 1. The Morgan fingerprint density at radius 1 is 1.00 bits per heavy atom. The Bertz CT molecular complexity index is 1230. The second-order valence-electron chi connectivity index (χ2n) is 7.82. The SMILES string of the molecule is O=C(COc1ccccc1)N=C1S[C@@H]2CS(=O)(=O)C[C@@H]2N1c1cc(C(F)(F)F)cc(C(F)(F)F)c1. The van der Waals surface area contributed by atoms with E-state index in [-0.39, 0.29) is 17.0 Å². The number of sulfone groups is 1. The minimum atomic E-state index is -5.10. The van der Waals surface area contributed by atoms with E-state index in [1.807, 2.05) is 0 Å². The predicted octanol–water partition coefficient (Wildman–Crippen LogP) is 4.40. The maximum atomic E-state index is 13.4. The fourth-order valence-electron chi connectivity index (χ4n) is 3.74. The van der Waals surface area contributed by atoms with Crippen molar-refractivity contribution in [1.29, 1.82) is 0 Å². The number of rotatable bonds is 4. The van der Waals surface area contributed by atoms with Gasteiger partial charge in [0.1, 0.15) is 5.75 Å². The molecule has 2 heterocycles. The van der Waals surface area contributed by atoms with Gasteiger partial charge in [-0.15, -0.1) is 0 Å². The number of aliphatic imine (C=N–C) groups is 1. The molecule has 0 saturated carbocycles. The molecule has 2 saturated heterocycles. The number of fused-ring (bicyclic) bond motifs is 1. The summed E-state index contributed by atoms with van der Waals surface area (Å²) in [5, 5.41) is -0.908. The molecule has 0 unspecified atom stereocenters. The molecule has 0 aliphatic carbocycles. The summed E-state index contributed by atoms with van der Waals surface area (Å²) in [7, 11) is -3.59. The molecule has 0 N–H and O–H groups in total. The minimum Gasteiger partial charge on any atom is -0.484 e. The Morgan fingerprint density at radius 3 is 2.17 bits per heavy atom. The highest BCUT2D eigenvalue weighted by molar-refractivity contribution is 8.16. The van der Waals surface area contributed by atoms with Crippen LogP contribution in [0.3, 0.4) is 0 Å². The third kappa shape index (κ3) is 5.74. The fraction of sp³-hybridized carbons (Fsp3) is 0.333. The Morgan fingerprint density at radius 2 is 1.60 bits per heavy atom. The number of para-hydroxylation sites is 1. The summed E-state index contributed by atoms with van der Waals surface area (Å²) >= 11 is 0.821. The van der Waals surface area contributed by atoms with Crippen molar-refractivity contribution in [1.82, 2.24) is 0 Å². The average molecular weight is 538 g/mol. The van der Waals surface area contributed by atoms with Crippen LogP contribution in [0.25, 0.3) is 0 Å². The molecule has 4 rings (SSSR count). The van der Waals surface area contributed by atoms with Crippen molar-refractivity contribution in [2.75, 3.05) is 23.0 Å². The van der Waals surface area contributed by atoms with E-state index in [4.69, 9.17) is 4.74 Å². The molecule has 14 heteroatoms. The monoisotopic (exact) mass is 538 g/mol. The van der Waals surface area contributed by atoms with E-state index in [0.717, 1.165) is 16.7 Å². The second kappa shape index (κ2) is 9.04. The van der Waals surface area contributed by atoms with Gasteiger partial charge in [0.2, 0.25) is 0 Å². The largest absolute Gasteiger partial charge is 0.484 e. The number of benzene rings is 2. The number of alkyl halides is 6. The number of thioether (sulfide) groups is 1. The van der Waals surface area contributed by atoms with Crippen molar-refractivity contribution in [2.24, 2.45) is 4.99 Å². The van der Waals surface area contributed by atoms with Gasteiger partial charge in [0.05, 0.1) is 28.7 Å². The third-order valence-corrected chi connectivity index (χ3v) is 8.45. The van der Waals surface area contributed by atoms with Gasteiger partial charge in [0.15, 0.2) is 21.6 Å². The number of nitrogens with zero attached hydrogens (tertiary/aromatic N) is 2. The van der Waals surface area contributed by atoms with Crippen LogP contribution in [-0.4, -0.2) is 48.9 Å². The first kappa shape index (κ1) is 25.4. The zero-order valence-corrected chi connectivity index (χ0v) is 19.1. The van der Waals surface area contributed by atoms with Crippen LogP contribution in [0, 0.1) is 0 Å². The Labute approximate surface area is 199 Å². The Hall–Kier alpha value is -2.74. The third-order valence-electron chi connectivity index (χ3n) is 5.24. The van der Waals surface area contributed by atoms with Crippen LogP contribution in [0.4, 0.5) is 32.0 Å². The molecule has 1 amide bonds. The van der Waals surface area contributed by atoms with Crippen molar-refractivity contribution >= 4 is 38.4 Å². The van der Waals surface area contributed by atoms with Gasteiger partial charge in [-0.1, -0.05) is 30.0 Å². The zero-order chi connectivity index (χ0) is 25.6. The minimum absolute atomic E-state index is 0.0226. The summed E-state index contributed by atoms with van der Waals surface area (Å²) in [6.45, 7) is -0.536. The van der Waals surface area contributed by atoms with Gasteiger partial charge in [-0.05, 0) is 30.3 Å². The topological polar surface area (TPSA) is 76.0 Å². The van der Waals surface area contributed by atoms with Crippen molar-refractivity contribution < 1.29 is 44.3 Å². The van der Waals surface area contributed by atoms with Gasteiger partial charge >= 0.3 is 12.4 Å². The van der Waals surface area contributed by atoms with E-state index >= 15 is 0 Å². The first-order chi connectivity index (χ1) is 16.2. The molecule has 0 radical (unpaired) electrons. The van der Waals surface area contributed by atoms with Crippen molar-refractivity contribution in [3.05, 3.63) is 59.7 Å². The molecule has 0 bridgehead atoms. The normalized spacial score (nSPS) is 22.9. The van der Waals surface area contributed by atoms with E-state index in [2.05, 4.69) is 4.99 Å². The summed E-state index contributed by atoms with van der Waals surface area (Å²) < 4.78 is 110. The van der Waals surface area contributed by atoms with Crippen LogP contribution in [-0.2, 0) is 27.0 Å². The zero-order valence-electron chi connectivity index (χ0n) is 17.5. The van der Waals surface area contributed by atoms with Crippen LogP contribution in [0.1, 0.15) is 11.1 Å². The highest BCUT2D eigenvalue weighted by Gasteiger charge is 2.50. The first-order valence-corrected chi connectivity index (χ1v) is 12.7. The summed E-state index contributed by atoms with van der Waals surface area (Å²) in [6, 6.07) is 8.16. The Kier molecular flexibility index (Phi) is 6.55. The van der Waals surface area contributed by atoms with Gasteiger partial charge in [-0.2, -0.15) is 31.3 Å². The van der Waals surface area contributed by atoms with E-state index in [0.29, 0.717) is 17.9 Å². The summed E-state index contributed by atoms with van der Waals surface area (Å²) in [6.07, 6.45) is -10.2. The lowest BCUT2D eigenvalue weighted by molar-refractivity contribution is -0.143. The van der Waals surface area contributed by atoms with E-state index < -0.39 is 68.6 Å². The van der Waals surface area contributed by atoms with Gasteiger partial charge in [0.25, 0.3) is 5.91 Å². The number of anilines is 1. The lowest BCUT2D eigenvalue weighted by atomic mass is 10.1. The highest BCUT2D eigenvalue weighted by atomic mass is 32.2. The number of hydrogen-bond donors (Lipinski definition) is 0. The molecule has 2 aliphatic rings. The summed E-state index contributed by atoms with van der Waals surface area (Å²) in [5.41, 5.74) is -3.68. The maximum absolute atomic E-state index is 13.4. The van der Waals surface area contributed by atoms with Gasteiger partial charge < -0.3 is 9.64 Å². The van der Waals surface area contributed by atoms with Crippen LogP contribution in [0.5, 0.6) is 5.75 Å². The number of carbonyl (C=O) groups excluding carboxylic acids is 1. The maximum Gasteiger partial charge on any atom is 0.416 e. The lowest BCUT2D eigenvalue weighted by Crippen LogP contribution is -2.38. The van der Waals surface area contributed by atoms with E-state index in [1.165, 1.54) is 0 Å². The molecule has 2 aromatic rings. The number of halogens is 6. The smallest absolute Gasteiger partial charge is 0.416 e. The predicted molar refractivity (Wildman–Crippen MR) is 117 cm³/mol. The number of ether oxygens (including phenoxy) is 1. The van der Waals surface area contributed by atoms with E-state index in [9.17, 15) is 39.6 Å². The Balaban J connectivity index is 1.72. The first-order valence-electron chi connectivity index (χ1n) is 9.98. The molecule has 0 spiro atoms. The second-order valence-corrected chi connectivity index (χ2v) is 11.2. The quantitative estimate of drug-likeness (QED) is 0.538. The number of amidine groups is 1. The van der Waals surface area contributed by atoms with Crippen LogP contribution in [0.15, 0.2) is 53.5 Å². The van der Waals surface area contributed by atoms with Crippen LogP contribution < -0.4 is 9.64 Å². The molecule has 188 valence electrons. The lowest BCUT2D eigenvalue weighted by Gasteiger charge is -2.26. The number of amides is 1. The van der Waals surface area contributed by atoms with Crippen molar-refractivity contribution in [3.63, 3.8) is 0 Å². The van der Waals surface area contributed by atoms with Gasteiger partial charge in [-0.25, -0.2) is 8.42 Å². The molecule has 2 atom stereocenters. The van der Waals surface area contributed by atoms with E-state index in [1.54, 1.807) is 30.3 Å². The standard InChI is InChI=1S/C21H16F6N2O4S2/c22-20(23,24)12-6-13(21(25,26)27)8-14(7-12)29-16-10-35(31,32)11-17(16)34-19(29)28-18(30)9-33-15-4-2-1-3-5-15/h1-8,16-17H,9-11H2/t16-,17+/m0/s1. The van der Waals surface area contributed by atoms with Crippen molar-refractivity contribution in [3.8, 4) is 5.75 Å². The van der Waals surface area contributed by atoms with Gasteiger partial charge in [0, 0.05) is 10.9 Å². The molecule has 2 fully saturated rings. The average Bonchev–Trinajstić information content (AvgIpc) is 3.22.